The van der Waals surface area contributed by atoms with Gasteiger partial charge in [0.2, 0.25) is 0 Å². The van der Waals surface area contributed by atoms with E-state index in [1.165, 1.54) is 65.1 Å². The predicted octanol–water partition coefficient (Wildman–Crippen LogP) is 9.39. The molecule has 1 aliphatic carbocycles. The standard InChI is InChI=1S/C44H28N4/c1-3-13-27(14-4-1)34-26-35(28-15-5-2-6-16-28)46-44(45-34)29-23-24-30-33(25-29)41-32-18-8-10-20-37(32)48-39-22-12-11-21-38(39)47-36-19-9-7-17-31(36)40(30)42(47)43(41)48/h1-6,8,10-26H,7,9H2. The summed E-state index contributed by atoms with van der Waals surface area (Å²) in [7, 11) is 0. The zero-order chi connectivity index (χ0) is 31.3. The fraction of sp³-hybridized carbons (Fsp3) is 0.0455. The fourth-order valence-electron chi connectivity index (χ4n) is 8.24. The highest BCUT2D eigenvalue weighted by atomic mass is 15.0. The molecule has 4 heteroatoms. The Kier molecular flexibility index (Phi) is 5.19. The van der Waals surface area contributed by atoms with Crippen LogP contribution in [0.1, 0.15) is 12.8 Å². The molecule has 0 saturated heterocycles. The molecule has 0 atom stereocenters. The molecule has 0 bridgehead atoms. The van der Waals surface area contributed by atoms with Crippen molar-refractivity contribution >= 4 is 66.7 Å². The lowest BCUT2D eigenvalue weighted by atomic mass is 9.96. The van der Waals surface area contributed by atoms with Crippen molar-refractivity contribution in [2.75, 3.05) is 0 Å². The van der Waals surface area contributed by atoms with Crippen LogP contribution in [0.5, 0.6) is 0 Å². The monoisotopic (exact) mass is 612 g/mol. The maximum absolute atomic E-state index is 5.20. The molecule has 0 fully saturated rings. The Hall–Kier alpha value is -6.26. The quantitative estimate of drug-likeness (QED) is 0.186. The summed E-state index contributed by atoms with van der Waals surface area (Å²) in [4.78, 5) is 10.4. The van der Waals surface area contributed by atoms with Gasteiger partial charge in [0.15, 0.2) is 5.82 Å². The Balaban J connectivity index is 1.31. The maximum atomic E-state index is 5.20. The first kappa shape index (κ1) is 25.9. The minimum Gasteiger partial charge on any atom is -0.305 e. The molecule has 48 heavy (non-hydrogen) atoms. The van der Waals surface area contributed by atoms with Gasteiger partial charge in [-0.3, -0.25) is 0 Å². The second-order valence-corrected chi connectivity index (χ2v) is 12.9. The molecule has 0 amide bonds. The topological polar surface area (TPSA) is 34.6 Å². The van der Waals surface area contributed by atoms with Gasteiger partial charge in [-0.05, 0) is 53.9 Å². The predicted molar refractivity (Wildman–Crippen MR) is 199 cm³/mol. The van der Waals surface area contributed by atoms with Crippen LogP contribution in [0.3, 0.4) is 0 Å². The third kappa shape index (κ3) is 3.44. The average Bonchev–Trinajstić information content (AvgIpc) is 3.70. The second-order valence-electron chi connectivity index (χ2n) is 12.9. The Bertz CT molecular complexity index is 2980. The fourth-order valence-corrected chi connectivity index (χ4v) is 8.24. The molecule has 0 aliphatic heterocycles. The molecule has 0 saturated carbocycles. The van der Waals surface area contributed by atoms with E-state index in [2.05, 4.69) is 142 Å². The smallest absolute Gasteiger partial charge is 0.160 e. The summed E-state index contributed by atoms with van der Waals surface area (Å²) in [5, 5.41) is 9.03. The number of benzene rings is 6. The minimum absolute atomic E-state index is 0.728. The summed E-state index contributed by atoms with van der Waals surface area (Å²) in [5.41, 5.74) is 11.2. The Morgan fingerprint density at radius 2 is 1.04 bits per heavy atom. The first-order valence-corrected chi connectivity index (χ1v) is 16.7. The third-order valence-electron chi connectivity index (χ3n) is 10.2. The van der Waals surface area contributed by atoms with E-state index in [1.807, 2.05) is 12.1 Å². The first-order chi connectivity index (χ1) is 23.8. The molecular weight excluding hydrogens is 585 g/mol. The van der Waals surface area contributed by atoms with Crippen molar-refractivity contribution in [3.8, 4) is 33.9 Å². The molecule has 11 rings (SSSR count). The van der Waals surface area contributed by atoms with E-state index in [9.17, 15) is 0 Å². The molecule has 4 nitrogen and oxygen atoms in total. The number of rotatable bonds is 3. The Labute approximate surface area is 275 Å². The summed E-state index contributed by atoms with van der Waals surface area (Å²) >= 11 is 0. The molecule has 0 spiro atoms. The van der Waals surface area contributed by atoms with Crippen molar-refractivity contribution in [3.63, 3.8) is 0 Å². The molecule has 224 valence electrons. The average molecular weight is 613 g/mol. The minimum atomic E-state index is 0.728. The number of hydrogen-bond acceptors (Lipinski definition) is 2. The van der Waals surface area contributed by atoms with Crippen LogP contribution in [0.2, 0.25) is 0 Å². The maximum Gasteiger partial charge on any atom is 0.160 e. The number of para-hydroxylation sites is 3. The van der Waals surface area contributed by atoms with Crippen LogP contribution in [-0.2, 0) is 0 Å². The van der Waals surface area contributed by atoms with E-state index in [1.54, 1.807) is 0 Å². The third-order valence-corrected chi connectivity index (χ3v) is 10.2. The van der Waals surface area contributed by atoms with Crippen molar-refractivity contribution in [2.24, 2.45) is 0 Å². The summed E-state index contributed by atoms with van der Waals surface area (Å²) in [6, 6.07) is 47.6. The van der Waals surface area contributed by atoms with Gasteiger partial charge in [-0.25, -0.2) is 9.97 Å². The van der Waals surface area contributed by atoms with Crippen molar-refractivity contribution in [2.45, 2.75) is 12.8 Å². The first-order valence-electron chi connectivity index (χ1n) is 16.7. The van der Waals surface area contributed by atoms with Crippen molar-refractivity contribution in [3.05, 3.63) is 144 Å². The van der Waals surface area contributed by atoms with Gasteiger partial charge < -0.3 is 8.80 Å². The molecule has 0 radical (unpaired) electrons. The van der Waals surface area contributed by atoms with Crippen LogP contribution >= 0.6 is 0 Å². The van der Waals surface area contributed by atoms with Crippen LogP contribution in [0, 0.1) is 0 Å². The van der Waals surface area contributed by atoms with Crippen molar-refractivity contribution < 1.29 is 0 Å². The summed E-state index contributed by atoms with van der Waals surface area (Å²) in [6.07, 6.45) is 6.99. The van der Waals surface area contributed by atoms with Gasteiger partial charge in [-0.2, -0.15) is 0 Å². The van der Waals surface area contributed by atoms with Crippen LogP contribution in [0.25, 0.3) is 101 Å². The Morgan fingerprint density at radius 1 is 0.438 bits per heavy atom. The summed E-state index contributed by atoms with van der Waals surface area (Å²) < 4.78 is 5.03. The number of hydrogen-bond donors (Lipinski definition) is 0. The van der Waals surface area contributed by atoms with Gasteiger partial charge in [0.05, 0.1) is 39.0 Å². The number of nitrogens with zero attached hydrogens (tertiary/aromatic N) is 4. The molecule has 1 aliphatic rings. The molecule has 10 aromatic rings. The van der Waals surface area contributed by atoms with Crippen molar-refractivity contribution in [1.82, 2.24) is 18.8 Å². The van der Waals surface area contributed by atoms with Gasteiger partial charge in [0.25, 0.3) is 0 Å². The van der Waals surface area contributed by atoms with Gasteiger partial charge in [-0.15, -0.1) is 0 Å². The van der Waals surface area contributed by atoms with E-state index in [0.717, 1.165) is 46.7 Å². The molecule has 4 aromatic heterocycles. The SMILES string of the molecule is C1=c2c(n3c4ccccc4n4c5ccccc5c5c6cc(-c7nc(-c8ccccc8)cc(-c8ccccc8)n7)ccc6c2c3c54)=CCC1. The lowest BCUT2D eigenvalue weighted by Crippen LogP contribution is -2.28. The van der Waals surface area contributed by atoms with E-state index >= 15 is 0 Å². The largest absolute Gasteiger partial charge is 0.305 e. The molecular formula is C44H28N4. The van der Waals surface area contributed by atoms with Crippen LogP contribution in [0.4, 0.5) is 0 Å². The van der Waals surface area contributed by atoms with Crippen LogP contribution in [0.15, 0.2) is 133 Å². The lowest BCUT2D eigenvalue weighted by molar-refractivity contribution is 1.08. The molecule has 0 unspecified atom stereocenters. The lowest BCUT2D eigenvalue weighted by Gasteiger charge is -2.14. The van der Waals surface area contributed by atoms with Crippen LogP contribution < -0.4 is 10.6 Å². The molecule has 0 N–H and O–H groups in total. The van der Waals surface area contributed by atoms with Crippen molar-refractivity contribution in [1.29, 1.82) is 0 Å². The highest BCUT2D eigenvalue weighted by molar-refractivity contribution is 6.33. The van der Waals surface area contributed by atoms with Gasteiger partial charge >= 0.3 is 0 Å². The molecule has 4 heterocycles. The van der Waals surface area contributed by atoms with E-state index in [4.69, 9.17) is 9.97 Å². The normalized spacial score (nSPS) is 13.2. The second kappa shape index (κ2) is 9.63. The van der Waals surface area contributed by atoms with E-state index < -0.39 is 0 Å². The number of aromatic nitrogens is 4. The highest BCUT2D eigenvalue weighted by Gasteiger charge is 2.24. The van der Waals surface area contributed by atoms with E-state index in [-0.39, 0.29) is 0 Å². The van der Waals surface area contributed by atoms with E-state index in [0.29, 0.717) is 0 Å². The molecule has 6 aromatic carbocycles. The van der Waals surface area contributed by atoms with Crippen LogP contribution in [-0.4, -0.2) is 18.8 Å². The zero-order valence-electron chi connectivity index (χ0n) is 26.1. The zero-order valence-corrected chi connectivity index (χ0v) is 26.1. The van der Waals surface area contributed by atoms with Gasteiger partial charge in [-0.1, -0.05) is 115 Å². The summed E-state index contributed by atoms with van der Waals surface area (Å²) in [5.74, 6) is 0.728. The highest BCUT2D eigenvalue weighted by Crippen LogP contribution is 2.43. The number of fused-ring (bicyclic) bond motifs is 12. The van der Waals surface area contributed by atoms with Gasteiger partial charge in [0, 0.05) is 43.4 Å². The summed E-state index contributed by atoms with van der Waals surface area (Å²) in [6.45, 7) is 0. The van der Waals surface area contributed by atoms with Gasteiger partial charge in [0.1, 0.15) is 0 Å². The Morgan fingerprint density at radius 3 is 1.77 bits per heavy atom.